The van der Waals surface area contributed by atoms with Gasteiger partial charge >= 0.3 is 0 Å². The molecule has 0 unspecified atom stereocenters. The lowest BCUT2D eigenvalue weighted by molar-refractivity contribution is 0.0945. The number of hydrogen-bond donors (Lipinski definition) is 2. The molecule has 1 heterocycles. The highest BCUT2D eigenvalue weighted by molar-refractivity contribution is 5.94. The third-order valence-corrected chi connectivity index (χ3v) is 4.72. The van der Waals surface area contributed by atoms with E-state index in [0.717, 1.165) is 18.4 Å². The molecule has 0 atom stereocenters. The van der Waals surface area contributed by atoms with Crippen LogP contribution in [-0.4, -0.2) is 17.4 Å². The van der Waals surface area contributed by atoms with Crippen molar-refractivity contribution in [3.05, 3.63) is 71.7 Å². The van der Waals surface area contributed by atoms with Crippen LogP contribution in [0, 0.1) is 5.82 Å². The monoisotopic (exact) mass is 308 g/mol. The topological polar surface area (TPSA) is 44.9 Å². The highest BCUT2D eigenvalue weighted by atomic mass is 19.1. The van der Waals surface area contributed by atoms with E-state index < -0.39 is 5.82 Å². The number of aromatic nitrogens is 1. The van der Waals surface area contributed by atoms with Crippen molar-refractivity contribution >= 4 is 16.8 Å². The Morgan fingerprint density at radius 1 is 1.13 bits per heavy atom. The number of nitrogens with one attached hydrogen (secondary N) is 2. The molecule has 2 aromatic carbocycles. The Balaban J connectivity index is 1.55. The van der Waals surface area contributed by atoms with Crippen LogP contribution < -0.4 is 5.32 Å². The molecule has 1 saturated carbocycles. The van der Waals surface area contributed by atoms with Gasteiger partial charge in [0.05, 0.1) is 5.56 Å². The number of para-hydroxylation sites is 1. The number of amides is 1. The zero-order valence-electron chi connectivity index (χ0n) is 12.6. The summed E-state index contributed by atoms with van der Waals surface area (Å²) in [6.45, 7) is 0.530. The van der Waals surface area contributed by atoms with Gasteiger partial charge in [-0.05, 0) is 36.6 Å². The highest BCUT2D eigenvalue weighted by Crippen LogP contribution is 2.49. The minimum absolute atomic E-state index is 0.0273. The smallest absolute Gasteiger partial charge is 0.254 e. The van der Waals surface area contributed by atoms with Gasteiger partial charge in [0.15, 0.2) is 0 Å². The molecule has 0 spiro atoms. The molecule has 1 fully saturated rings. The third kappa shape index (κ3) is 2.40. The van der Waals surface area contributed by atoms with E-state index in [2.05, 4.69) is 16.4 Å². The molecule has 23 heavy (non-hydrogen) atoms. The van der Waals surface area contributed by atoms with Crippen molar-refractivity contribution in [2.24, 2.45) is 0 Å². The molecule has 4 rings (SSSR count). The van der Waals surface area contributed by atoms with E-state index in [1.54, 1.807) is 12.1 Å². The standard InChI is InChI=1S/C19H17FN2O/c20-16-7-3-1-6-14(16)18(23)22-12-19(9-10-19)15-11-21-17-8-4-2-5-13(15)17/h1-8,11,21H,9-10,12H2,(H,22,23). The number of rotatable bonds is 4. The maximum absolute atomic E-state index is 13.7. The molecule has 3 aromatic rings. The van der Waals surface area contributed by atoms with Crippen molar-refractivity contribution in [3.8, 4) is 0 Å². The first-order valence-corrected chi connectivity index (χ1v) is 7.79. The first-order chi connectivity index (χ1) is 11.2. The maximum atomic E-state index is 13.7. The summed E-state index contributed by atoms with van der Waals surface area (Å²) < 4.78 is 13.7. The molecule has 1 aliphatic carbocycles. The van der Waals surface area contributed by atoms with Gasteiger partial charge in [-0.1, -0.05) is 30.3 Å². The average molecular weight is 308 g/mol. The quantitative estimate of drug-likeness (QED) is 0.757. The second-order valence-electron chi connectivity index (χ2n) is 6.19. The number of fused-ring (bicyclic) bond motifs is 1. The molecule has 1 amide bonds. The zero-order chi connectivity index (χ0) is 15.9. The van der Waals surface area contributed by atoms with Gasteiger partial charge < -0.3 is 10.3 Å². The molecule has 116 valence electrons. The average Bonchev–Trinajstić information content (AvgIpc) is 3.23. The van der Waals surface area contributed by atoms with E-state index in [1.165, 1.54) is 23.1 Å². The maximum Gasteiger partial charge on any atom is 0.254 e. The van der Waals surface area contributed by atoms with Crippen LogP contribution in [0.1, 0.15) is 28.8 Å². The van der Waals surface area contributed by atoms with Crippen LogP contribution in [0.25, 0.3) is 10.9 Å². The van der Waals surface area contributed by atoms with E-state index in [9.17, 15) is 9.18 Å². The number of hydrogen-bond acceptors (Lipinski definition) is 1. The van der Waals surface area contributed by atoms with Gasteiger partial charge in [0.2, 0.25) is 0 Å². The molecular formula is C19H17FN2O. The Morgan fingerprint density at radius 3 is 2.65 bits per heavy atom. The second-order valence-corrected chi connectivity index (χ2v) is 6.19. The van der Waals surface area contributed by atoms with Crippen LogP contribution in [0.3, 0.4) is 0 Å². The summed E-state index contributed by atoms with van der Waals surface area (Å²) in [6, 6.07) is 14.2. The molecule has 1 aliphatic rings. The van der Waals surface area contributed by atoms with Crippen molar-refractivity contribution in [1.29, 1.82) is 0 Å². The van der Waals surface area contributed by atoms with Gasteiger partial charge in [0.1, 0.15) is 5.82 Å². The van der Waals surface area contributed by atoms with E-state index >= 15 is 0 Å². The molecule has 3 nitrogen and oxygen atoms in total. The summed E-state index contributed by atoms with van der Waals surface area (Å²) in [7, 11) is 0. The van der Waals surface area contributed by atoms with Gasteiger partial charge in [-0.3, -0.25) is 4.79 Å². The summed E-state index contributed by atoms with van der Waals surface area (Å²) in [5, 5.41) is 4.10. The van der Waals surface area contributed by atoms with Crippen molar-refractivity contribution in [2.45, 2.75) is 18.3 Å². The van der Waals surface area contributed by atoms with Gasteiger partial charge in [-0.15, -0.1) is 0 Å². The van der Waals surface area contributed by atoms with Crippen LogP contribution >= 0.6 is 0 Å². The van der Waals surface area contributed by atoms with E-state index in [1.807, 2.05) is 24.4 Å². The molecule has 2 N–H and O–H groups in total. The summed E-state index contributed by atoms with van der Waals surface area (Å²) in [5.74, 6) is -0.837. The Labute approximate surface area is 133 Å². The number of halogens is 1. The number of carbonyl (C=O) groups is 1. The normalized spacial score (nSPS) is 15.5. The summed E-state index contributed by atoms with van der Waals surface area (Å²) in [6.07, 6.45) is 4.10. The number of H-pyrrole nitrogens is 1. The Kier molecular flexibility index (Phi) is 3.18. The lowest BCUT2D eigenvalue weighted by Crippen LogP contribution is -2.32. The van der Waals surface area contributed by atoms with E-state index in [0.29, 0.717) is 6.54 Å². The molecule has 0 radical (unpaired) electrons. The molecular weight excluding hydrogens is 291 g/mol. The van der Waals surface area contributed by atoms with Gasteiger partial charge in [-0.2, -0.15) is 0 Å². The fraction of sp³-hybridized carbons (Fsp3) is 0.211. The van der Waals surface area contributed by atoms with Crippen LogP contribution in [-0.2, 0) is 5.41 Å². The fourth-order valence-corrected chi connectivity index (χ4v) is 3.19. The highest BCUT2D eigenvalue weighted by Gasteiger charge is 2.45. The summed E-state index contributed by atoms with van der Waals surface area (Å²) in [5.41, 5.74) is 2.42. The van der Waals surface area contributed by atoms with E-state index in [4.69, 9.17) is 0 Å². The number of aromatic amines is 1. The van der Waals surface area contributed by atoms with Crippen LogP contribution in [0.2, 0.25) is 0 Å². The van der Waals surface area contributed by atoms with Crippen molar-refractivity contribution < 1.29 is 9.18 Å². The molecule has 0 aliphatic heterocycles. The van der Waals surface area contributed by atoms with E-state index in [-0.39, 0.29) is 16.9 Å². The minimum atomic E-state index is -0.484. The molecule has 0 bridgehead atoms. The number of carbonyl (C=O) groups excluding carboxylic acids is 1. The lowest BCUT2D eigenvalue weighted by Gasteiger charge is -2.16. The van der Waals surface area contributed by atoms with Crippen molar-refractivity contribution in [2.75, 3.05) is 6.54 Å². The summed E-state index contributed by atoms with van der Waals surface area (Å²) >= 11 is 0. The number of benzene rings is 2. The Morgan fingerprint density at radius 2 is 1.87 bits per heavy atom. The van der Waals surface area contributed by atoms with Crippen molar-refractivity contribution in [1.82, 2.24) is 10.3 Å². The predicted octanol–water partition coefficient (Wildman–Crippen LogP) is 3.77. The Hall–Kier alpha value is -2.62. The molecule has 1 aromatic heterocycles. The van der Waals surface area contributed by atoms with Crippen LogP contribution in [0.5, 0.6) is 0 Å². The third-order valence-electron chi connectivity index (χ3n) is 4.72. The molecule has 4 heteroatoms. The first kappa shape index (κ1) is 14.0. The lowest BCUT2D eigenvalue weighted by atomic mass is 9.95. The zero-order valence-corrected chi connectivity index (χ0v) is 12.6. The van der Waals surface area contributed by atoms with Gasteiger partial charge in [0, 0.05) is 29.1 Å². The second kappa shape index (κ2) is 5.23. The largest absolute Gasteiger partial charge is 0.361 e. The molecule has 0 saturated heterocycles. The van der Waals surface area contributed by atoms with Gasteiger partial charge in [-0.25, -0.2) is 4.39 Å². The first-order valence-electron chi connectivity index (χ1n) is 7.79. The predicted molar refractivity (Wildman–Crippen MR) is 87.9 cm³/mol. The Bertz CT molecular complexity index is 880. The SMILES string of the molecule is O=C(NCC1(c2c[nH]c3ccccc23)CC1)c1ccccc1F. The minimum Gasteiger partial charge on any atom is -0.361 e. The van der Waals surface area contributed by atoms with Gasteiger partial charge in [0.25, 0.3) is 5.91 Å². The summed E-state index contributed by atoms with van der Waals surface area (Å²) in [4.78, 5) is 15.5. The fourth-order valence-electron chi connectivity index (χ4n) is 3.19. The van der Waals surface area contributed by atoms with Crippen LogP contribution in [0.4, 0.5) is 4.39 Å². The van der Waals surface area contributed by atoms with Crippen LogP contribution in [0.15, 0.2) is 54.7 Å². The van der Waals surface area contributed by atoms with Crippen molar-refractivity contribution in [3.63, 3.8) is 0 Å².